The zero-order chi connectivity index (χ0) is 22.0. The maximum atomic E-state index is 12.9. The normalized spacial score (nSPS) is 19.0. The standard InChI is InChI=1S/C23H26N4O3S/c1-16-14-25(15-22(29)27(16)19-5-3-4-6-20(19)31-2)21(28)13-17-7-9-18(10-8-17)26-12-11-24-23(26)30/h3-10,16H,11-15H2,1-2H3,(H,24,30)/t16-/m0/s1. The zero-order valence-electron chi connectivity index (χ0n) is 17.7. The number of rotatable bonds is 5. The van der Waals surface area contributed by atoms with Gasteiger partial charge in [-0.3, -0.25) is 14.5 Å². The van der Waals surface area contributed by atoms with Crippen molar-refractivity contribution in [3.8, 4) is 0 Å². The highest BCUT2D eigenvalue weighted by Crippen LogP contribution is 2.31. The van der Waals surface area contributed by atoms with E-state index < -0.39 is 0 Å². The minimum atomic E-state index is -0.102. The molecule has 4 amide bonds. The second kappa shape index (κ2) is 9.01. The molecule has 2 aliphatic heterocycles. The molecule has 8 heteroatoms. The monoisotopic (exact) mass is 438 g/mol. The molecule has 2 aliphatic rings. The molecule has 2 aromatic rings. The molecule has 0 saturated carbocycles. The number of para-hydroxylation sites is 1. The number of carbonyl (C=O) groups excluding carboxylic acids is 3. The molecule has 0 unspecified atom stereocenters. The number of benzene rings is 2. The molecule has 1 atom stereocenters. The summed E-state index contributed by atoms with van der Waals surface area (Å²) < 4.78 is 0. The van der Waals surface area contributed by atoms with E-state index >= 15 is 0 Å². The zero-order valence-corrected chi connectivity index (χ0v) is 18.5. The van der Waals surface area contributed by atoms with Gasteiger partial charge in [-0.15, -0.1) is 11.8 Å². The molecule has 7 nitrogen and oxygen atoms in total. The van der Waals surface area contributed by atoms with Gasteiger partial charge in [0.05, 0.1) is 18.2 Å². The number of urea groups is 1. The van der Waals surface area contributed by atoms with Crippen LogP contribution in [-0.4, -0.2) is 61.2 Å². The maximum Gasteiger partial charge on any atom is 0.321 e. The third kappa shape index (κ3) is 4.39. The summed E-state index contributed by atoms with van der Waals surface area (Å²) >= 11 is 1.61. The van der Waals surface area contributed by atoms with Gasteiger partial charge in [-0.25, -0.2) is 4.79 Å². The van der Waals surface area contributed by atoms with Crippen LogP contribution >= 0.6 is 11.8 Å². The predicted octanol–water partition coefficient (Wildman–Crippen LogP) is 2.74. The largest absolute Gasteiger partial charge is 0.336 e. The Balaban J connectivity index is 1.41. The number of hydrogen-bond donors (Lipinski definition) is 1. The van der Waals surface area contributed by atoms with Gasteiger partial charge in [0.1, 0.15) is 6.54 Å². The summed E-state index contributed by atoms with van der Waals surface area (Å²) in [5.41, 5.74) is 2.58. The Hall–Kier alpha value is -3.00. The molecule has 0 spiro atoms. The second-order valence-electron chi connectivity index (χ2n) is 7.79. The predicted molar refractivity (Wildman–Crippen MR) is 123 cm³/mol. The highest BCUT2D eigenvalue weighted by atomic mass is 32.2. The lowest BCUT2D eigenvalue weighted by atomic mass is 10.1. The average Bonchev–Trinajstić information content (AvgIpc) is 3.20. The summed E-state index contributed by atoms with van der Waals surface area (Å²) in [4.78, 5) is 43.8. The first-order valence-electron chi connectivity index (χ1n) is 10.3. The van der Waals surface area contributed by atoms with Crippen LogP contribution in [0.3, 0.4) is 0 Å². The SMILES string of the molecule is CSc1ccccc1N1C(=O)CN(C(=O)Cc2ccc(N3CCNC3=O)cc2)C[C@@H]1C. The topological polar surface area (TPSA) is 73.0 Å². The molecular formula is C23H26N4O3S. The minimum Gasteiger partial charge on any atom is -0.336 e. The summed E-state index contributed by atoms with van der Waals surface area (Å²) in [6.07, 6.45) is 2.23. The highest BCUT2D eigenvalue weighted by Gasteiger charge is 2.34. The molecule has 2 fully saturated rings. The van der Waals surface area contributed by atoms with E-state index in [9.17, 15) is 14.4 Å². The Morgan fingerprint density at radius 2 is 1.87 bits per heavy atom. The minimum absolute atomic E-state index is 0.0651. The van der Waals surface area contributed by atoms with Crippen LogP contribution in [0.1, 0.15) is 12.5 Å². The van der Waals surface area contributed by atoms with E-state index in [0.717, 1.165) is 21.8 Å². The van der Waals surface area contributed by atoms with Gasteiger partial charge in [0.25, 0.3) is 0 Å². The molecule has 2 heterocycles. The first-order chi connectivity index (χ1) is 15.0. The molecule has 162 valence electrons. The molecule has 0 aliphatic carbocycles. The molecule has 4 rings (SSSR count). The lowest BCUT2D eigenvalue weighted by Gasteiger charge is -2.40. The number of hydrogen-bond acceptors (Lipinski definition) is 4. The second-order valence-corrected chi connectivity index (χ2v) is 8.63. The first kappa shape index (κ1) is 21.2. The van der Waals surface area contributed by atoms with Gasteiger partial charge in [-0.2, -0.15) is 0 Å². The van der Waals surface area contributed by atoms with Gasteiger partial charge in [-0.1, -0.05) is 24.3 Å². The van der Waals surface area contributed by atoms with Crippen molar-refractivity contribution in [3.63, 3.8) is 0 Å². The summed E-state index contributed by atoms with van der Waals surface area (Å²) in [5, 5.41) is 2.78. The van der Waals surface area contributed by atoms with Crippen LogP contribution in [0.15, 0.2) is 53.4 Å². The Morgan fingerprint density at radius 1 is 1.13 bits per heavy atom. The van der Waals surface area contributed by atoms with E-state index in [2.05, 4.69) is 5.32 Å². The molecule has 0 aromatic heterocycles. The van der Waals surface area contributed by atoms with Crippen molar-refractivity contribution < 1.29 is 14.4 Å². The van der Waals surface area contributed by atoms with Crippen molar-refractivity contribution in [2.24, 2.45) is 0 Å². The van der Waals surface area contributed by atoms with Crippen LogP contribution in [0.25, 0.3) is 0 Å². The van der Waals surface area contributed by atoms with Gasteiger partial charge >= 0.3 is 6.03 Å². The third-order valence-corrected chi connectivity index (χ3v) is 6.46. The molecule has 31 heavy (non-hydrogen) atoms. The molecule has 2 saturated heterocycles. The molecule has 2 aromatic carbocycles. The van der Waals surface area contributed by atoms with E-state index in [1.165, 1.54) is 0 Å². The molecule has 1 N–H and O–H groups in total. The van der Waals surface area contributed by atoms with Crippen molar-refractivity contribution in [3.05, 3.63) is 54.1 Å². The van der Waals surface area contributed by atoms with Crippen molar-refractivity contribution in [2.75, 3.05) is 42.2 Å². The summed E-state index contributed by atoms with van der Waals surface area (Å²) in [7, 11) is 0. The van der Waals surface area contributed by atoms with Gasteiger partial charge in [-0.05, 0) is 43.0 Å². The first-order valence-corrected chi connectivity index (χ1v) is 11.6. The fourth-order valence-corrected chi connectivity index (χ4v) is 4.73. The van der Waals surface area contributed by atoms with Crippen molar-refractivity contribution in [1.29, 1.82) is 0 Å². The molecular weight excluding hydrogens is 412 g/mol. The Bertz CT molecular complexity index is 995. The lowest BCUT2D eigenvalue weighted by molar-refractivity contribution is -0.137. The van der Waals surface area contributed by atoms with E-state index in [1.54, 1.807) is 21.6 Å². The number of amides is 4. The molecule has 0 radical (unpaired) electrons. The number of thioether (sulfide) groups is 1. The Kier molecular flexibility index (Phi) is 6.18. The lowest BCUT2D eigenvalue weighted by Crippen LogP contribution is -2.57. The van der Waals surface area contributed by atoms with Crippen molar-refractivity contribution in [1.82, 2.24) is 10.2 Å². The van der Waals surface area contributed by atoms with Gasteiger partial charge in [0.2, 0.25) is 11.8 Å². The fourth-order valence-electron chi connectivity index (χ4n) is 4.14. The van der Waals surface area contributed by atoms with Gasteiger partial charge in [0.15, 0.2) is 0 Å². The van der Waals surface area contributed by atoms with Crippen LogP contribution < -0.4 is 15.1 Å². The van der Waals surface area contributed by atoms with Crippen LogP contribution in [0.4, 0.5) is 16.2 Å². The maximum absolute atomic E-state index is 12.9. The number of piperazine rings is 1. The number of nitrogens with one attached hydrogen (secondary N) is 1. The third-order valence-electron chi connectivity index (χ3n) is 5.68. The Labute approximate surface area is 186 Å². The molecule has 0 bridgehead atoms. The average molecular weight is 439 g/mol. The summed E-state index contributed by atoms with van der Waals surface area (Å²) in [6.45, 7) is 3.83. The van der Waals surface area contributed by atoms with Gasteiger partial charge in [0, 0.05) is 30.2 Å². The van der Waals surface area contributed by atoms with Gasteiger partial charge < -0.3 is 15.1 Å². The summed E-state index contributed by atoms with van der Waals surface area (Å²) in [5.74, 6) is -0.131. The van der Waals surface area contributed by atoms with E-state index in [4.69, 9.17) is 0 Å². The van der Waals surface area contributed by atoms with Crippen LogP contribution in [0, 0.1) is 0 Å². The fraction of sp³-hybridized carbons (Fsp3) is 0.348. The number of nitrogens with zero attached hydrogens (tertiary/aromatic N) is 3. The Morgan fingerprint density at radius 3 is 2.52 bits per heavy atom. The summed E-state index contributed by atoms with van der Waals surface area (Å²) in [6, 6.07) is 15.1. The highest BCUT2D eigenvalue weighted by molar-refractivity contribution is 7.98. The quantitative estimate of drug-likeness (QED) is 0.729. The smallest absolute Gasteiger partial charge is 0.321 e. The van der Waals surface area contributed by atoms with Crippen LogP contribution in [0.5, 0.6) is 0 Å². The van der Waals surface area contributed by atoms with E-state index in [1.807, 2.05) is 66.6 Å². The van der Waals surface area contributed by atoms with E-state index in [0.29, 0.717) is 19.6 Å². The van der Waals surface area contributed by atoms with E-state index in [-0.39, 0.29) is 36.9 Å². The van der Waals surface area contributed by atoms with Crippen LogP contribution in [-0.2, 0) is 16.0 Å². The number of anilines is 2. The van der Waals surface area contributed by atoms with Crippen molar-refractivity contribution in [2.45, 2.75) is 24.3 Å². The number of carbonyl (C=O) groups is 3. The van der Waals surface area contributed by atoms with Crippen molar-refractivity contribution >= 4 is 41.0 Å². The van der Waals surface area contributed by atoms with Crippen LogP contribution in [0.2, 0.25) is 0 Å².